The Morgan fingerprint density at radius 2 is 1.96 bits per heavy atom. The summed E-state index contributed by atoms with van der Waals surface area (Å²) in [5.74, 6) is 0.165. The molecule has 0 unspecified atom stereocenters. The lowest BCUT2D eigenvalue weighted by atomic mass is 10.0. The average Bonchev–Trinajstić information content (AvgIpc) is 2.79. The lowest BCUT2D eigenvalue weighted by molar-refractivity contribution is 0.0757. The topological polar surface area (TPSA) is 70.4 Å². The minimum Gasteiger partial charge on any atom is -0.504 e. The molecule has 24 heavy (non-hydrogen) atoms. The van der Waals surface area contributed by atoms with Crippen molar-refractivity contribution in [3.05, 3.63) is 41.7 Å². The van der Waals surface area contributed by atoms with E-state index in [1.54, 1.807) is 9.58 Å². The van der Waals surface area contributed by atoms with Crippen LogP contribution in [0.5, 0.6) is 5.75 Å². The summed E-state index contributed by atoms with van der Waals surface area (Å²) in [6.45, 7) is 7.27. The molecule has 6 heteroatoms. The van der Waals surface area contributed by atoms with E-state index in [1.165, 1.54) is 11.8 Å². The van der Waals surface area contributed by atoms with Gasteiger partial charge in [-0.2, -0.15) is 5.10 Å². The summed E-state index contributed by atoms with van der Waals surface area (Å²) < 4.78 is 1.56. The monoisotopic (exact) mass is 328 g/mol. The molecule has 0 aliphatic carbocycles. The third-order valence-electron chi connectivity index (χ3n) is 4.35. The molecule has 0 radical (unpaired) electrons. The standard InChI is InChI=1S/C18H24N4O2/c1-13(2)14-4-6-15(7-5-14)22-12-16(23)17(20-22)18(24)21-10-3-8-19-9-11-21/h4-7,12-13,19,23H,3,8-11H2,1-2H3. The molecular formula is C18H24N4O2. The van der Waals surface area contributed by atoms with Gasteiger partial charge in [0.15, 0.2) is 11.4 Å². The highest BCUT2D eigenvalue weighted by Gasteiger charge is 2.23. The van der Waals surface area contributed by atoms with Crippen molar-refractivity contribution in [3.63, 3.8) is 0 Å². The third-order valence-corrected chi connectivity index (χ3v) is 4.35. The quantitative estimate of drug-likeness (QED) is 0.905. The highest BCUT2D eigenvalue weighted by molar-refractivity contribution is 5.94. The fourth-order valence-electron chi connectivity index (χ4n) is 2.86. The molecule has 2 heterocycles. The Morgan fingerprint density at radius 3 is 2.67 bits per heavy atom. The zero-order valence-electron chi connectivity index (χ0n) is 14.2. The first-order valence-electron chi connectivity index (χ1n) is 8.45. The number of rotatable bonds is 3. The van der Waals surface area contributed by atoms with Gasteiger partial charge in [0.05, 0.1) is 11.9 Å². The second-order valence-electron chi connectivity index (χ2n) is 6.45. The van der Waals surface area contributed by atoms with E-state index in [0.717, 1.165) is 25.2 Å². The predicted octanol–water partition coefficient (Wildman–Crippen LogP) is 2.14. The number of nitrogens with one attached hydrogen (secondary N) is 1. The van der Waals surface area contributed by atoms with E-state index in [0.29, 0.717) is 19.0 Å². The Hall–Kier alpha value is -2.34. The molecule has 6 nitrogen and oxygen atoms in total. The molecule has 1 saturated heterocycles. The smallest absolute Gasteiger partial charge is 0.278 e. The number of hydrogen-bond acceptors (Lipinski definition) is 4. The fourth-order valence-corrected chi connectivity index (χ4v) is 2.86. The van der Waals surface area contributed by atoms with Crippen LogP contribution < -0.4 is 5.32 Å². The van der Waals surface area contributed by atoms with Gasteiger partial charge in [0, 0.05) is 19.6 Å². The molecule has 1 aromatic carbocycles. The summed E-state index contributed by atoms with van der Waals surface area (Å²) in [6.07, 6.45) is 2.40. The maximum Gasteiger partial charge on any atom is 0.278 e. The van der Waals surface area contributed by atoms with Crippen LogP contribution in [-0.2, 0) is 0 Å². The maximum absolute atomic E-state index is 12.6. The lowest BCUT2D eigenvalue weighted by Crippen LogP contribution is -2.34. The van der Waals surface area contributed by atoms with Crippen LogP contribution in [0.25, 0.3) is 5.69 Å². The van der Waals surface area contributed by atoms with Gasteiger partial charge in [0.1, 0.15) is 0 Å². The number of benzene rings is 1. The Kier molecular flexibility index (Phi) is 4.85. The van der Waals surface area contributed by atoms with Gasteiger partial charge in [-0.3, -0.25) is 4.79 Å². The summed E-state index contributed by atoms with van der Waals surface area (Å²) in [5.41, 5.74) is 2.18. The summed E-state index contributed by atoms with van der Waals surface area (Å²) in [7, 11) is 0. The molecular weight excluding hydrogens is 304 g/mol. The summed E-state index contributed by atoms with van der Waals surface area (Å²) >= 11 is 0. The van der Waals surface area contributed by atoms with E-state index in [9.17, 15) is 9.90 Å². The van der Waals surface area contributed by atoms with Crippen molar-refractivity contribution in [2.24, 2.45) is 0 Å². The Balaban J connectivity index is 1.82. The van der Waals surface area contributed by atoms with Crippen molar-refractivity contribution in [2.45, 2.75) is 26.2 Å². The third kappa shape index (κ3) is 3.43. The molecule has 3 rings (SSSR count). The van der Waals surface area contributed by atoms with Crippen LogP contribution in [0.1, 0.15) is 42.2 Å². The van der Waals surface area contributed by atoms with Crippen LogP contribution in [0.2, 0.25) is 0 Å². The highest BCUT2D eigenvalue weighted by Crippen LogP contribution is 2.22. The van der Waals surface area contributed by atoms with Gasteiger partial charge in [0.25, 0.3) is 5.91 Å². The van der Waals surface area contributed by atoms with Crippen molar-refractivity contribution >= 4 is 5.91 Å². The van der Waals surface area contributed by atoms with Crippen molar-refractivity contribution in [1.82, 2.24) is 20.0 Å². The van der Waals surface area contributed by atoms with Crippen LogP contribution >= 0.6 is 0 Å². The summed E-state index contributed by atoms with van der Waals surface area (Å²) in [6, 6.07) is 7.99. The SMILES string of the molecule is CC(C)c1ccc(-n2cc(O)c(C(=O)N3CCCNCC3)n2)cc1. The first kappa shape index (κ1) is 16.5. The molecule has 1 aliphatic heterocycles. The van der Waals surface area contributed by atoms with Crippen LogP contribution in [0.4, 0.5) is 0 Å². The van der Waals surface area contributed by atoms with Crippen molar-refractivity contribution < 1.29 is 9.90 Å². The van der Waals surface area contributed by atoms with E-state index >= 15 is 0 Å². The van der Waals surface area contributed by atoms with Gasteiger partial charge in [-0.05, 0) is 36.6 Å². The number of aromatic nitrogens is 2. The number of carbonyl (C=O) groups is 1. The van der Waals surface area contributed by atoms with Crippen LogP contribution in [-0.4, -0.2) is 51.9 Å². The Bertz CT molecular complexity index is 698. The number of amides is 1. The van der Waals surface area contributed by atoms with Crippen LogP contribution in [0.3, 0.4) is 0 Å². The molecule has 0 atom stereocenters. The Morgan fingerprint density at radius 1 is 1.21 bits per heavy atom. The van der Waals surface area contributed by atoms with E-state index in [4.69, 9.17) is 0 Å². The minimum atomic E-state index is -0.214. The molecule has 0 saturated carbocycles. The lowest BCUT2D eigenvalue weighted by Gasteiger charge is -2.18. The Labute approximate surface area is 142 Å². The zero-order chi connectivity index (χ0) is 17.1. The second kappa shape index (κ2) is 7.05. The van der Waals surface area contributed by atoms with E-state index in [1.807, 2.05) is 24.3 Å². The van der Waals surface area contributed by atoms with E-state index in [-0.39, 0.29) is 17.4 Å². The average molecular weight is 328 g/mol. The molecule has 128 valence electrons. The number of nitrogens with zero attached hydrogens (tertiary/aromatic N) is 3. The van der Waals surface area contributed by atoms with Crippen LogP contribution in [0, 0.1) is 0 Å². The van der Waals surface area contributed by atoms with Gasteiger partial charge >= 0.3 is 0 Å². The summed E-state index contributed by atoms with van der Waals surface area (Å²) in [5, 5.41) is 17.7. The molecule has 1 aliphatic rings. The molecule has 0 bridgehead atoms. The first-order valence-corrected chi connectivity index (χ1v) is 8.45. The highest BCUT2D eigenvalue weighted by atomic mass is 16.3. The predicted molar refractivity (Wildman–Crippen MR) is 92.7 cm³/mol. The molecule has 1 aromatic heterocycles. The van der Waals surface area contributed by atoms with Gasteiger partial charge in [-0.25, -0.2) is 4.68 Å². The maximum atomic E-state index is 12.6. The number of hydrogen-bond donors (Lipinski definition) is 2. The van der Waals surface area contributed by atoms with Crippen molar-refractivity contribution in [3.8, 4) is 11.4 Å². The molecule has 2 aromatic rings. The normalized spacial score (nSPS) is 15.5. The van der Waals surface area contributed by atoms with Gasteiger partial charge in [-0.1, -0.05) is 26.0 Å². The van der Waals surface area contributed by atoms with Gasteiger partial charge < -0.3 is 15.3 Å². The van der Waals surface area contributed by atoms with Crippen molar-refractivity contribution in [1.29, 1.82) is 0 Å². The van der Waals surface area contributed by atoms with Crippen LogP contribution in [0.15, 0.2) is 30.5 Å². The van der Waals surface area contributed by atoms with E-state index in [2.05, 4.69) is 24.3 Å². The molecule has 2 N–H and O–H groups in total. The van der Waals surface area contributed by atoms with E-state index < -0.39 is 0 Å². The minimum absolute atomic E-state index is 0.0786. The molecule has 1 amide bonds. The fraction of sp³-hybridized carbons (Fsp3) is 0.444. The number of aromatic hydroxyl groups is 1. The zero-order valence-corrected chi connectivity index (χ0v) is 14.2. The second-order valence-corrected chi connectivity index (χ2v) is 6.45. The molecule has 1 fully saturated rings. The van der Waals surface area contributed by atoms with Gasteiger partial charge in [-0.15, -0.1) is 0 Å². The largest absolute Gasteiger partial charge is 0.504 e. The first-order chi connectivity index (χ1) is 11.6. The summed E-state index contributed by atoms with van der Waals surface area (Å²) in [4.78, 5) is 14.4. The number of carbonyl (C=O) groups excluding carboxylic acids is 1. The van der Waals surface area contributed by atoms with Gasteiger partial charge in [0.2, 0.25) is 0 Å². The molecule has 0 spiro atoms. The van der Waals surface area contributed by atoms with Crippen molar-refractivity contribution in [2.75, 3.05) is 26.2 Å².